The lowest BCUT2D eigenvalue weighted by atomic mass is 9.86. The molecule has 0 spiro atoms. The molecule has 0 unspecified atom stereocenters. The lowest BCUT2D eigenvalue weighted by Gasteiger charge is -2.18. The Morgan fingerprint density at radius 1 is 0.955 bits per heavy atom. The average molecular weight is 292 g/mol. The molecule has 0 amide bonds. The third-order valence-electron chi connectivity index (χ3n) is 4.01. The predicted octanol–water partition coefficient (Wildman–Crippen LogP) is 5.27. The Morgan fingerprint density at radius 3 is 2.23 bits per heavy atom. The van der Waals surface area contributed by atoms with E-state index in [-0.39, 0.29) is 11.2 Å². The smallest absolute Gasteiger partial charge is 0.197 e. The highest BCUT2D eigenvalue weighted by Gasteiger charge is 2.20. The quantitative estimate of drug-likeness (QED) is 0.602. The summed E-state index contributed by atoms with van der Waals surface area (Å²) < 4.78 is 5.70. The summed E-state index contributed by atoms with van der Waals surface area (Å²) in [6, 6.07) is 15.5. The second-order valence-corrected chi connectivity index (χ2v) is 6.69. The number of aryl methyl sites for hydroxylation is 1. The zero-order chi connectivity index (χ0) is 15.9. The van der Waals surface area contributed by atoms with Crippen LogP contribution in [-0.2, 0) is 5.41 Å². The molecule has 2 nitrogen and oxygen atoms in total. The van der Waals surface area contributed by atoms with Crippen molar-refractivity contribution in [1.82, 2.24) is 0 Å². The molecule has 3 rings (SSSR count). The molecule has 3 aromatic rings. The van der Waals surface area contributed by atoms with Gasteiger partial charge in [0.2, 0.25) is 0 Å². The maximum atomic E-state index is 12.8. The van der Waals surface area contributed by atoms with Crippen molar-refractivity contribution in [3.8, 4) is 0 Å². The number of rotatable bonds is 2. The van der Waals surface area contributed by atoms with Crippen molar-refractivity contribution in [2.45, 2.75) is 33.1 Å². The Kier molecular flexibility index (Phi) is 3.40. The summed E-state index contributed by atoms with van der Waals surface area (Å²) in [5.74, 6) is 0.689. The van der Waals surface area contributed by atoms with Gasteiger partial charge in [-0.3, -0.25) is 4.79 Å². The van der Waals surface area contributed by atoms with E-state index in [1.54, 1.807) is 0 Å². The van der Waals surface area contributed by atoms with E-state index >= 15 is 0 Å². The van der Waals surface area contributed by atoms with Crippen molar-refractivity contribution in [3.63, 3.8) is 0 Å². The summed E-state index contributed by atoms with van der Waals surface area (Å²) in [5, 5.41) is 0.880. The van der Waals surface area contributed by atoms with E-state index in [4.69, 9.17) is 4.42 Å². The van der Waals surface area contributed by atoms with E-state index in [2.05, 4.69) is 20.8 Å². The first-order chi connectivity index (χ1) is 10.4. The van der Waals surface area contributed by atoms with Crippen molar-refractivity contribution in [1.29, 1.82) is 0 Å². The number of hydrogen-bond acceptors (Lipinski definition) is 2. The lowest BCUT2D eigenvalue weighted by molar-refractivity contribution is 0.103. The van der Waals surface area contributed by atoms with Crippen LogP contribution in [0.1, 0.15) is 48.0 Å². The molecule has 0 aliphatic carbocycles. The molecule has 112 valence electrons. The highest BCUT2D eigenvalue weighted by atomic mass is 16.3. The molecule has 0 aliphatic heterocycles. The van der Waals surface area contributed by atoms with E-state index in [1.807, 2.05) is 55.5 Å². The maximum Gasteiger partial charge on any atom is 0.197 e. The summed E-state index contributed by atoms with van der Waals surface area (Å²) in [6.45, 7) is 8.34. The van der Waals surface area contributed by atoms with Crippen molar-refractivity contribution < 1.29 is 9.21 Å². The van der Waals surface area contributed by atoms with Gasteiger partial charge in [-0.05, 0) is 24.0 Å². The minimum atomic E-state index is 0.0166. The Balaban J connectivity index is 2.05. The summed E-state index contributed by atoms with van der Waals surface area (Å²) in [7, 11) is 0. The largest absolute Gasteiger partial charge is 0.461 e. The molecule has 0 N–H and O–H groups in total. The molecule has 0 radical (unpaired) electrons. The van der Waals surface area contributed by atoms with Crippen LogP contribution in [0, 0.1) is 6.92 Å². The van der Waals surface area contributed by atoms with Crippen LogP contribution in [-0.4, -0.2) is 5.78 Å². The number of furan rings is 1. The van der Waals surface area contributed by atoms with Crippen molar-refractivity contribution in [2.24, 2.45) is 0 Å². The van der Waals surface area contributed by atoms with E-state index in [0.29, 0.717) is 16.9 Å². The van der Waals surface area contributed by atoms with Crippen LogP contribution in [0.3, 0.4) is 0 Å². The third kappa shape index (κ3) is 2.45. The van der Waals surface area contributed by atoms with Gasteiger partial charge >= 0.3 is 0 Å². The van der Waals surface area contributed by atoms with Crippen LogP contribution in [0.15, 0.2) is 52.9 Å². The highest BCUT2D eigenvalue weighted by Crippen LogP contribution is 2.28. The summed E-state index contributed by atoms with van der Waals surface area (Å²) in [6.07, 6.45) is 0. The van der Waals surface area contributed by atoms with Crippen LogP contribution in [0.25, 0.3) is 11.0 Å². The molecule has 0 fully saturated rings. The fraction of sp³-hybridized carbons (Fsp3) is 0.250. The molecule has 0 saturated carbocycles. The monoisotopic (exact) mass is 292 g/mol. The minimum absolute atomic E-state index is 0.0166. The summed E-state index contributed by atoms with van der Waals surface area (Å²) in [4.78, 5) is 12.8. The molecule has 0 atom stereocenters. The number of benzene rings is 2. The predicted molar refractivity (Wildman–Crippen MR) is 89.5 cm³/mol. The minimum Gasteiger partial charge on any atom is -0.461 e. The van der Waals surface area contributed by atoms with Crippen LogP contribution in [0.4, 0.5) is 0 Å². The normalized spacial score (nSPS) is 11.8. The first kappa shape index (κ1) is 14.6. The van der Waals surface area contributed by atoms with Crippen LogP contribution in [0.2, 0.25) is 0 Å². The Morgan fingerprint density at radius 2 is 1.59 bits per heavy atom. The average Bonchev–Trinajstić information content (AvgIpc) is 2.81. The molecule has 1 heterocycles. The van der Waals surface area contributed by atoms with Gasteiger partial charge in [0.15, 0.2) is 5.78 Å². The SMILES string of the molecule is Cc1oc2ccccc2c1C(=O)c1ccc(C(C)(C)C)cc1. The molecule has 1 aromatic heterocycles. The van der Waals surface area contributed by atoms with E-state index < -0.39 is 0 Å². The van der Waals surface area contributed by atoms with Gasteiger partial charge in [-0.15, -0.1) is 0 Å². The van der Waals surface area contributed by atoms with E-state index in [9.17, 15) is 4.79 Å². The first-order valence-corrected chi connectivity index (χ1v) is 7.51. The first-order valence-electron chi connectivity index (χ1n) is 7.51. The molecular weight excluding hydrogens is 272 g/mol. The van der Waals surface area contributed by atoms with Gasteiger partial charge in [-0.2, -0.15) is 0 Å². The zero-order valence-electron chi connectivity index (χ0n) is 13.4. The summed E-state index contributed by atoms with van der Waals surface area (Å²) in [5.41, 5.74) is 3.43. The molecule has 0 bridgehead atoms. The summed E-state index contributed by atoms with van der Waals surface area (Å²) >= 11 is 0. The van der Waals surface area contributed by atoms with Crippen molar-refractivity contribution >= 4 is 16.8 Å². The molecule has 2 aromatic carbocycles. The van der Waals surface area contributed by atoms with Crippen LogP contribution < -0.4 is 0 Å². The number of hydrogen-bond donors (Lipinski definition) is 0. The maximum absolute atomic E-state index is 12.8. The molecular formula is C20H20O2. The van der Waals surface area contributed by atoms with E-state index in [0.717, 1.165) is 11.0 Å². The topological polar surface area (TPSA) is 30.2 Å². The number of fused-ring (bicyclic) bond motifs is 1. The van der Waals surface area contributed by atoms with Gasteiger partial charge in [0.05, 0.1) is 5.56 Å². The molecule has 0 aliphatic rings. The second-order valence-electron chi connectivity index (χ2n) is 6.69. The van der Waals surface area contributed by atoms with Crippen molar-refractivity contribution in [3.05, 3.63) is 71.0 Å². The van der Waals surface area contributed by atoms with Crippen LogP contribution in [0.5, 0.6) is 0 Å². The van der Waals surface area contributed by atoms with Gasteiger partial charge in [-0.25, -0.2) is 0 Å². The molecule has 0 saturated heterocycles. The highest BCUT2D eigenvalue weighted by molar-refractivity contribution is 6.16. The molecule has 22 heavy (non-hydrogen) atoms. The van der Waals surface area contributed by atoms with Crippen molar-refractivity contribution in [2.75, 3.05) is 0 Å². The Bertz CT molecular complexity index is 830. The van der Waals surface area contributed by atoms with E-state index in [1.165, 1.54) is 5.56 Å². The number of para-hydroxylation sites is 1. The van der Waals surface area contributed by atoms with Gasteiger partial charge < -0.3 is 4.42 Å². The van der Waals surface area contributed by atoms with Gasteiger partial charge in [-0.1, -0.05) is 63.2 Å². The third-order valence-corrected chi connectivity index (χ3v) is 4.01. The lowest BCUT2D eigenvalue weighted by Crippen LogP contribution is -2.11. The number of carbonyl (C=O) groups excluding carboxylic acids is 1. The molecule has 2 heteroatoms. The number of carbonyl (C=O) groups is 1. The standard InChI is InChI=1S/C20H20O2/c1-13-18(16-7-5-6-8-17(16)22-13)19(21)14-9-11-15(12-10-14)20(2,3)4/h5-12H,1-4H3. The fourth-order valence-electron chi connectivity index (χ4n) is 2.72. The van der Waals surface area contributed by atoms with Gasteiger partial charge in [0.1, 0.15) is 11.3 Å². The number of ketones is 1. The fourth-order valence-corrected chi connectivity index (χ4v) is 2.72. The van der Waals surface area contributed by atoms with Crippen LogP contribution >= 0.6 is 0 Å². The van der Waals surface area contributed by atoms with Gasteiger partial charge in [0, 0.05) is 10.9 Å². The Hall–Kier alpha value is -2.35. The Labute approximate surface area is 130 Å². The second kappa shape index (κ2) is 5.13. The zero-order valence-corrected chi connectivity index (χ0v) is 13.4. The van der Waals surface area contributed by atoms with Gasteiger partial charge in [0.25, 0.3) is 0 Å².